The van der Waals surface area contributed by atoms with Gasteiger partial charge in [0.1, 0.15) is 5.54 Å². The van der Waals surface area contributed by atoms with Gasteiger partial charge in [-0.25, -0.2) is 4.79 Å². The maximum atomic E-state index is 12.5. The molecular formula is C14H19NO3S. The van der Waals surface area contributed by atoms with E-state index in [1.165, 1.54) is 16.2 Å². The molecule has 104 valence electrons. The van der Waals surface area contributed by atoms with E-state index >= 15 is 0 Å². The van der Waals surface area contributed by atoms with Crippen molar-refractivity contribution < 1.29 is 14.7 Å². The number of carbonyl (C=O) groups excluding carboxylic acids is 1. The van der Waals surface area contributed by atoms with Crippen LogP contribution in [0.25, 0.3) is 0 Å². The molecule has 0 aliphatic heterocycles. The smallest absolute Gasteiger partial charge is 0.329 e. The number of rotatable bonds is 3. The SMILES string of the molecule is Cc1ccsc1C(=O)N(C)C1(C(=O)O)CCCCC1. The van der Waals surface area contributed by atoms with Crippen molar-refractivity contribution in [2.24, 2.45) is 0 Å². The van der Waals surface area contributed by atoms with Gasteiger partial charge in [0, 0.05) is 7.05 Å². The normalized spacial score (nSPS) is 18.0. The summed E-state index contributed by atoms with van der Waals surface area (Å²) >= 11 is 1.38. The Morgan fingerprint density at radius 3 is 2.42 bits per heavy atom. The molecule has 0 radical (unpaired) electrons. The zero-order valence-corrected chi connectivity index (χ0v) is 12.1. The van der Waals surface area contributed by atoms with Crippen molar-refractivity contribution in [3.05, 3.63) is 21.9 Å². The fourth-order valence-electron chi connectivity index (χ4n) is 2.77. The minimum Gasteiger partial charge on any atom is -0.479 e. The molecule has 1 saturated carbocycles. The summed E-state index contributed by atoms with van der Waals surface area (Å²) in [5, 5.41) is 11.5. The van der Waals surface area contributed by atoms with Gasteiger partial charge in [0.15, 0.2) is 0 Å². The topological polar surface area (TPSA) is 57.6 Å². The van der Waals surface area contributed by atoms with E-state index in [0.717, 1.165) is 24.8 Å². The fraction of sp³-hybridized carbons (Fsp3) is 0.571. The molecule has 2 rings (SSSR count). The Balaban J connectivity index is 2.30. The first-order valence-electron chi connectivity index (χ1n) is 6.55. The number of amides is 1. The maximum absolute atomic E-state index is 12.5. The summed E-state index contributed by atoms with van der Waals surface area (Å²) < 4.78 is 0. The highest BCUT2D eigenvalue weighted by atomic mass is 32.1. The molecule has 0 unspecified atom stereocenters. The molecule has 0 bridgehead atoms. The monoisotopic (exact) mass is 281 g/mol. The number of carboxylic acid groups (broad SMARTS) is 1. The Labute approximate surface area is 117 Å². The maximum Gasteiger partial charge on any atom is 0.329 e. The Hall–Kier alpha value is -1.36. The number of thiophene rings is 1. The Morgan fingerprint density at radius 1 is 1.32 bits per heavy atom. The van der Waals surface area contributed by atoms with Gasteiger partial charge in [-0.15, -0.1) is 11.3 Å². The predicted octanol–water partition coefficient (Wildman–Crippen LogP) is 2.92. The second-order valence-electron chi connectivity index (χ2n) is 5.19. The summed E-state index contributed by atoms with van der Waals surface area (Å²) in [6.45, 7) is 1.88. The van der Waals surface area contributed by atoms with Gasteiger partial charge >= 0.3 is 5.97 Å². The van der Waals surface area contributed by atoms with Crippen molar-refractivity contribution >= 4 is 23.2 Å². The standard InChI is InChI=1S/C14H19NO3S/c1-10-6-9-19-11(10)12(16)15(2)14(13(17)18)7-4-3-5-8-14/h6,9H,3-5,7-8H2,1-2H3,(H,17,18). The van der Waals surface area contributed by atoms with Crippen molar-refractivity contribution in [1.29, 1.82) is 0 Å². The highest BCUT2D eigenvalue weighted by Gasteiger charge is 2.45. The van der Waals surface area contributed by atoms with E-state index in [0.29, 0.717) is 17.7 Å². The number of hydrogen-bond acceptors (Lipinski definition) is 3. The highest BCUT2D eigenvalue weighted by molar-refractivity contribution is 7.12. The first-order valence-corrected chi connectivity index (χ1v) is 7.42. The fourth-order valence-corrected chi connectivity index (χ4v) is 3.67. The summed E-state index contributed by atoms with van der Waals surface area (Å²) in [5.74, 6) is -1.05. The second kappa shape index (κ2) is 5.33. The van der Waals surface area contributed by atoms with Crippen LogP contribution in [0.1, 0.15) is 47.3 Å². The number of hydrogen-bond donors (Lipinski definition) is 1. The van der Waals surface area contributed by atoms with E-state index in [1.807, 2.05) is 18.4 Å². The van der Waals surface area contributed by atoms with Crippen LogP contribution in [0.15, 0.2) is 11.4 Å². The molecule has 1 aromatic rings. The van der Waals surface area contributed by atoms with Crippen molar-refractivity contribution in [1.82, 2.24) is 4.90 Å². The minimum absolute atomic E-state index is 0.170. The summed E-state index contributed by atoms with van der Waals surface area (Å²) in [4.78, 5) is 26.3. The molecular weight excluding hydrogens is 262 g/mol. The summed E-state index contributed by atoms with van der Waals surface area (Å²) in [7, 11) is 1.63. The van der Waals surface area contributed by atoms with Gasteiger partial charge in [-0.3, -0.25) is 4.79 Å². The zero-order chi connectivity index (χ0) is 14.0. The molecule has 1 fully saturated rings. The molecule has 19 heavy (non-hydrogen) atoms. The largest absolute Gasteiger partial charge is 0.479 e. The van der Waals surface area contributed by atoms with Gasteiger partial charge in [0.25, 0.3) is 5.91 Å². The third-order valence-corrected chi connectivity index (χ3v) is 5.09. The van der Waals surface area contributed by atoms with Crippen LogP contribution in [0.5, 0.6) is 0 Å². The Kier molecular flexibility index (Phi) is 3.94. The Morgan fingerprint density at radius 2 is 1.95 bits per heavy atom. The minimum atomic E-state index is -1.02. The molecule has 5 heteroatoms. The zero-order valence-electron chi connectivity index (χ0n) is 11.3. The number of carboxylic acids is 1. The molecule has 1 amide bonds. The van der Waals surface area contributed by atoms with E-state index in [4.69, 9.17) is 0 Å². The van der Waals surface area contributed by atoms with Gasteiger partial charge in [0.2, 0.25) is 0 Å². The predicted molar refractivity (Wildman–Crippen MR) is 74.6 cm³/mol. The van der Waals surface area contributed by atoms with E-state index in [1.54, 1.807) is 7.05 Å². The molecule has 0 spiro atoms. The Bertz CT molecular complexity index is 489. The quantitative estimate of drug-likeness (QED) is 0.926. The lowest BCUT2D eigenvalue weighted by Gasteiger charge is -2.40. The van der Waals surface area contributed by atoms with Crippen LogP contribution in [0.4, 0.5) is 0 Å². The number of aliphatic carboxylic acids is 1. The van der Waals surface area contributed by atoms with Gasteiger partial charge in [-0.05, 0) is 36.8 Å². The van der Waals surface area contributed by atoms with Crippen molar-refractivity contribution in [2.75, 3.05) is 7.05 Å². The molecule has 0 saturated heterocycles. The summed E-state index contributed by atoms with van der Waals surface area (Å²) in [6.07, 6.45) is 3.89. The highest BCUT2D eigenvalue weighted by Crippen LogP contribution is 2.35. The second-order valence-corrected chi connectivity index (χ2v) is 6.11. The van der Waals surface area contributed by atoms with Crippen LogP contribution in [-0.2, 0) is 4.79 Å². The molecule has 0 atom stereocenters. The first-order chi connectivity index (χ1) is 8.99. The molecule has 1 heterocycles. The van der Waals surface area contributed by atoms with Gasteiger partial charge in [0.05, 0.1) is 4.88 Å². The lowest BCUT2D eigenvalue weighted by Crippen LogP contribution is -2.56. The lowest BCUT2D eigenvalue weighted by atomic mass is 9.80. The number of carbonyl (C=O) groups is 2. The first kappa shape index (κ1) is 14.1. The number of nitrogens with zero attached hydrogens (tertiary/aromatic N) is 1. The van der Waals surface area contributed by atoms with Gasteiger partial charge in [-0.2, -0.15) is 0 Å². The van der Waals surface area contributed by atoms with Crippen LogP contribution < -0.4 is 0 Å². The molecule has 1 aliphatic rings. The molecule has 1 N–H and O–H groups in total. The summed E-state index contributed by atoms with van der Waals surface area (Å²) in [6, 6.07) is 1.89. The van der Waals surface area contributed by atoms with Crippen molar-refractivity contribution in [2.45, 2.75) is 44.6 Å². The third-order valence-electron chi connectivity index (χ3n) is 4.08. The van der Waals surface area contributed by atoms with Crippen LogP contribution >= 0.6 is 11.3 Å². The van der Waals surface area contributed by atoms with Crippen LogP contribution in [-0.4, -0.2) is 34.5 Å². The van der Waals surface area contributed by atoms with Gasteiger partial charge in [-0.1, -0.05) is 19.3 Å². The molecule has 1 aliphatic carbocycles. The van der Waals surface area contributed by atoms with Gasteiger partial charge < -0.3 is 10.0 Å². The summed E-state index contributed by atoms with van der Waals surface area (Å²) in [5.41, 5.74) is -0.107. The average Bonchev–Trinajstić information content (AvgIpc) is 2.84. The number of likely N-dealkylation sites (N-methyl/N-ethyl adjacent to an activating group) is 1. The molecule has 0 aromatic carbocycles. The van der Waals surface area contributed by atoms with Crippen LogP contribution in [0, 0.1) is 6.92 Å². The van der Waals surface area contributed by atoms with Crippen molar-refractivity contribution in [3.8, 4) is 0 Å². The van der Waals surface area contributed by atoms with E-state index in [9.17, 15) is 14.7 Å². The van der Waals surface area contributed by atoms with Crippen molar-refractivity contribution in [3.63, 3.8) is 0 Å². The van der Waals surface area contributed by atoms with E-state index < -0.39 is 11.5 Å². The van der Waals surface area contributed by atoms with Crippen LogP contribution in [0.2, 0.25) is 0 Å². The number of aryl methyl sites for hydroxylation is 1. The average molecular weight is 281 g/mol. The third kappa shape index (κ3) is 2.39. The van der Waals surface area contributed by atoms with E-state index in [-0.39, 0.29) is 5.91 Å². The van der Waals surface area contributed by atoms with Crippen LogP contribution in [0.3, 0.4) is 0 Å². The van der Waals surface area contributed by atoms with E-state index in [2.05, 4.69) is 0 Å². The molecule has 1 aromatic heterocycles. The lowest BCUT2D eigenvalue weighted by molar-refractivity contribution is -0.151. The molecule has 4 nitrogen and oxygen atoms in total.